The summed E-state index contributed by atoms with van der Waals surface area (Å²) in [5.41, 5.74) is 4.09. The second-order valence-electron chi connectivity index (χ2n) is 8.16. The van der Waals surface area contributed by atoms with Gasteiger partial charge >= 0.3 is 5.97 Å². The second kappa shape index (κ2) is 9.36. The number of carbonyl (C=O) groups is 1. The summed E-state index contributed by atoms with van der Waals surface area (Å²) in [6.07, 6.45) is 4.50. The zero-order valence-electron chi connectivity index (χ0n) is 18.1. The molecule has 0 saturated carbocycles. The summed E-state index contributed by atoms with van der Waals surface area (Å²) in [4.78, 5) is 19.9. The van der Waals surface area contributed by atoms with Gasteiger partial charge in [0.1, 0.15) is 5.75 Å². The Bertz CT molecular complexity index is 1170. The molecule has 0 radical (unpaired) electrons. The van der Waals surface area contributed by atoms with Crippen molar-refractivity contribution in [3.8, 4) is 28.5 Å². The van der Waals surface area contributed by atoms with Crippen molar-refractivity contribution >= 4 is 11.9 Å². The predicted molar refractivity (Wildman–Crippen MR) is 122 cm³/mol. The molecule has 1 aliphatic carbocycles. The van der Waals surface area contributed by atoms with Gasteiger partial charge in [-0.1, -0.05) is 6.07 Å². The summed E-state index contributed by atoms with van der Waals surface area (Å²) in [5, 5.41) is 12.3. The SMILES string of the molecule is O=C(O)C[C@@H]1CCc2cc(OCCCNc3nccc(-c4ccc5c(c4)OCO5)n3)ccc21. The Hall–Kier alpha value is -3.81. The third-order valence-electron chi connectivity index (χ3n) is 5.93. The lowest BCUT2D eigenvalue weighted by atomic mass is 9.98. The number of hydrogen-bond acceptors (Lipinski definition) is 7. The minimum absolute atomic E-state index is 0.115. The zero-order chi connectivity index (χ0) is 22.6. The van der Waals surface area contributed by atoms with E-state index in [-0.39, 0.29) is 19.1 Å². The lowest BCUT2D eigenvalue weighted by Crippen LogP contribution is -2.09. The maximum absolute atomic E-state index is 11.0. The van der Waals surface area contributed by atoms with Crippen molar-refractivity contribution in [1.82, 2.24) is 9.97 Å². The molecule has 33 heavy (non-hydrogen) atoms. The normalized spacial score (nSPS) is 15.8. The highest BCUT2D eigenvalue weighted by atomic mass is 16.7. The van der Waals surface area contributed by atoms with Gasteiger partial charge in [-0.3, -0.25) is 4.79 Å². The summed E-state index contributed by atoms with van der Waals surface area (Å²) < 4.78 is 16.7. The van der Waals surface area contributed by atoms with Gasteiger partial charge in [0.15, 0.2) is 11.5 Å². The molecule has 2 aliphatic rings. The van der Waals surface area contributed by atoms with E-state index in [0.29, 0.717) is 19.1 Å². The predicted octanol–water partition coefficient (Wildman–Crippen LogP) is 4.26. The molecule has 8 nitrogen and oxygen atoms in total. The number of carboxylic acids is 1. The standard InChI is InChI=1S/C25H25N3O5/c29-24(30)14-17-3-2-16-12-19(5-6-20(16)17)31-11-1-9-26-25-27-10-8-21(28-25)18-4-7-22-23(13-18)33-15-32-22/h4-8,10,12-13,17H,1-3,9,11,14-15H2,(H,29,30)(H,26,27,28)/t17-/m0/s1. The van der Waals surface area contributed by atoms with Crippen LogP contribution in [0.15, 0.2) is 48.7 Å². The maximum Gasteiger partial charge on any atom is 0.303 e. The number of benzene rings is 2. The Labute approximate surface area is 191 Å². The first kappa shape index (κ1) is 21.1. The van der Waals surface area contributed by atoms with Crippen LogP contribution in [0.1, 0.15) is 36.3 Å². The number of anilines is 1. The Morgan fingerprint density at radius 1 is 1.15 bits per heavy atom. The van der Waals surface area contributed by atoms with Gasteiger partial charge in [-0.05, 0) is 72.7 Å². The molecule has 0 fully saturated rings. The number of carboxylic acid groups (broad SMARTS) is 1. The first-order valence-corrected chi connectivity index (χ1v) is 11.1. The average molecular weight is 447 g/mol. The molecule has 0 bridgehead atoms. The molecular weight excluding hydrogens is 422 g/mol. The molecular formula is C25H25N3O5. The van der Waals surface area contributed by atoms with Crippen molar-refractivity contribution in [2.24, 2.45) is 0 Å². The molecule has 1 aliphatic heterocycles. The van der Waals surface area contributed by atoms with E-state index in [1.807, 2.05) is 42.5 Å². The number of ether oxygens (including phenoxy) is 3. The molecule has 8 heteroatoms. The number of aliphatic carboxylic acids is 1. The summed E-state index contributed by atoms with van der Waals surface area (Å²) in [6.45, 7) is 1.48. The zero-order valence-corrected chi connectivity index (χ0v) is 18.1. The molecule has 2 aromatic carbocycles. The smallest absolute Gasteiger partial charge is 0.303 e. The third kappa shape index (κ3) is 4.84. The Morgan fingerprint density at radius 2 is 2.06 bits per heavy atom. The number of nitrogens with zero attached hydrogens (tertiary/aromatic N) is 2. The third-order valence-corrected chi connectivity index (χ3v) is 5.93. The highest BCUT2D eigenvalue weighted by Crippen LogP contribution is 2.37. The van der Waals surface area contributed by atoms with Gasteiger partial charge < -0.3 is 24.6 Å². The van der Waals surface area contributed by atoms with E-state index in [2.05, 4.69) is 15.3 Å². The van der Waals surface area contributed by atoms with Crippen LogP contribution in [0.5, 0.6) is 17.2 Å². The van der Waals surface area contributed by atoms with Crippen molar-refractivity contribution < 1.29 is 24.1 Å². The Balaban J connectivity index is 1.11. The minimum atomic E-state index is -0.744. The molecule has 5 rings (SSSR count). The van der Waals surface area contributed by atoms with Gasteiger partial charge in [0.25, 0.3) is 0 Å². The molecule has 0 unspecified atom stereocenters. The summed E-state index contributed by atoms with van der Waals surface area (Å²) >= 11 is 0. The van der Waals surface area contributed by atoms with Crippen molar-refractivity contribution in [1.29, 1.82) is 0 Å². The number of aryl methyl sites for hydroxylation is 1. The van der Waals surface area contributed by atoms with E-state index in [0.717, 1.165) is 53.3 Å². The van der Waals surface area contributed by atoms with Crippen LogP contribution < -0.4 is 19.5 Å². The van der Waals surface area contributed by atoms with E-state index in [9.17, 15) is 4.79 Å². The maximum atomic E-state index is 11.0. The van der Waals surface area contributed by atoms with Crippen LogP contribution in [0.3, 0.4) is 0 Å². The Kier molecular flexibility index (Phi) is 5.97. The van der Waals surface area contributed by atoms with Gasteiger partial charge in [0, 0.05) is 18.3 Å². The fourth-order valence-corrected chi connectivity index (χ4v) is 4.32. The number of fused-ring (bicyclic) bond motifs is 2. The molecule has 3 aromatic rings. The summed E-state index contributed by atoms with van der Waals surface area (Å²) in [6, 6.07) is 13.6. The molecule has 170 valence electrons. The topological polar surface area (TPSA) is 103 Å². The van der Waals surface area contributed by atoms with E-state index in [1.54, 1.807) is 6.20 Å². The van der Waals surface area contributed by atoms with Crippen LogP contribution in [0.2, 0.25) is 0 Å². The molecule has 1 aromatic heterocycles. The number of rotatable bonds is 9. The first-order valence-electron chi connectivity index (χ1n) is 11.1. The van der Waals surface area contributed by atoms with E-state index < -0.39 is 5.97 Å². The van der Waals surface area contributed by atoms with Crippen LogP contribution in [0.25, 0.3) is 11.3 Å². The van der Waals surface area contributed by atoms with E-state index in [1.165, 1.54) is 5.56 Å². The largest absolute Gasteiger partial charge is 0.494 e. The number of nitrogens with one attached hydrogen (secondary N) is 1. The fourth-order valence-electron chi connectivity index (χ4n) is 4.32. The van der Waals surface area contributed by atoms with Gasteiger partial charge in [-0.2, -0.15) is 0 Å². The van der Waals surface area contributed by atoms with Crippen molar-refractivity contribution in [3.63, 3.8) is 0 Å². The summed E-state index contributed by atoms with van der Waals surface area (Å²) in [7, 11) is 0. The van der Waals surface area contributed by atoms with Crippen LogP contribution in [0, 0.1) is 0 Å². The average Bonchev–Trinajstić information content (AvgIpc) is 3.45. The molecule has 0 amide bonds. The fraction of sp³-hybridized carbons (Fsp3) is 0.320. The minimum Gasteiger partial charge on any atom is -0.494 e. The molecule has 0 saturated heterocycles. The van der Waals surface area contributed by atoms with Crippen LogP contribution >= 0.6 is 0 Å². The number of hydrogen-bond donors (Lipinski definition) is 2. The van der Waals surface area contributed by atoms with Gasteiger partial charge in [0.2, 0.25) is 12.7 Å². The molecule has 2 heterocycles. The first-order chi connectivity index (χ1) is 16.2. The second-order valence-corrected chi connectivity index (χ2v) is 8.16. The van der Waals surface area contributed by atoms with Crippen molar-refractivity contribution in [2.45, 2.75) is 31.6 Å². The van der Waals surface area contributed by atoms with Gasteiger partial charge in [0.05, 0.1) is 18.7 Å². The molecule has 1 atom stereocenters. The highest BCUT2D eigenvalue weighted by molar-refractivity contribution is 5.68. The number of aromatic nitrogens is 2. The summed E-state index contributed by atoms with van der Waals surface area (Å²) in [5.74, 6) is 2.23. The highest BCUT2D eigenvalue weighted by Gasteiger charge is 2.24. The van der Waals surface area contributed by atoms with Crippen molar-refractivity contribution in [2.75, 3.05) is 25.3 Å². The quantitative estimate of drug-likeness (QED) is 0.469. The van der Waals surface area contributed by atoms with Crippen LogP contribution in [-0.4, -0.2) is 41.0 Å². The molecule has 0 spiro atoms. The molecule has 2 N–H and O–H groups in total. The lowest BCUT2D eigenvalue weighted by molar-refractivity contribution is -0.137. The lowest BCUT2D eigenvalue weighted by Gasteiger charge is -2.11. The van der Waals surface area contributed by atoms with Crippen LogP contribution in [0.4, 0.5) is 5.95 Å². The Morgan fingerprint density at radius 3 is 2.97 bits per heavy atom. The monoisotopic (exact) mass is 447 g/mol. The van der Waals surface area contributed by atoms with Gasteiger partial charge in [-0.25, -0.2) is 9.97 Å². The van der Waals surface area contributed by atoms with Gasteiger partial charge in [-0.15, -0.1) is 0 Å². The van der Waals surface area contributed by atoms with Crippen LogP contribution in [-0.2, 0) is 11.2 Å². The van der Waals surface area contributed by atoms with Crippen molar-refractivity contribution in [3.05, 3.63) is 59.8 Å². The van der Waals surface area contributed by atoms with E-state index in [4.69, 9.17) is 19.3 Å². The van der Waals surface area contributed by atoms with E-state index >= 15 is 0 Å².